The lowest BCUT2D eigenvalue weighted by atomic mass is 9.96. The number of hydrogen-bond acceptors (Lipinski definition) is 4. The molecule has 0 spiro atoms. The predicted molar refractivity (Wildman–Crippen MR) is 114 cm³/mol. The maximum atomic E-state index is 13.0. The van der Waals surface area contributed by atoms with Gasteiger partial charge in [0.15, 0.2) is 0 Å². The van der Waals surface area contributed by atoms with Crippen LogP contribution in [0.5, 0.6) is 5.75 Å². The van der Waals surface area contributed by atoms with Gasteiger partial charge in [-0.1, -0.05) is 23.3 Å². The van der Waals surface area contributed by atoms with Crippen LogP contribution in [-0.2, 0) is 14.8 Å². The molecule has 1 aliphatic carbocycles. The molecule has 1 atom stereocenters. The second-order valence-corrected chi connectivity index (χ2v) is 9.99. The number of nitrogens with one attached hydrogen (secondary N) is 1. The molecule has 1 saturated heterocycles. The van der Waals surface area contributed by atoms with Crippen LogP contribution in [0.2, 0.25) is 5.02 Å². The number of carbonyl (C=O) groups is 1. The van der Waals surface area contributed by atoms with Crippen LogP contribution < -0.4 is 10.1 Å². The molecule has 0 saturated carbocycles. The molecule has 1 amide bonds. The maximum Gasteiger partial charge on any atom is 0.243 e. The Hall–Kier alpha value is -1.57. The van der Waals surface area contributed by atoms with Gasteiger partial charge in [0, 0.05) is 19.6 Å². The molecule has 3 rings (SSSR count). The number of sulfonamides is 1. The third-order valence-electron chi connectivity index (χ3n) is 5.65. The highest BCUT2D eigenvalue weighted by molar-refractivity contribution is 7.89. The standard InChI is InChI=1S/C21H29ClN2O4S/c1-28-20-10-9-18(14-19(20)22)29(26,27)24-13-5-8-17(15-24)21(25)23-12-11-16-6-3-2-4-7-16/h6,9-10,14,17H,2-5,7-8,11-13,15H2,1H3,(H,23,25)/t17-/m1/s1. The zero-order valence-electron chi connectivity index (χ0n) is 16.8. The predicted octanol–water partition coefficient (Wildman–Crippen LogP) is 3.76. The lowest BCUT2D eigenvalue weighted by molar-refractivity contribution is -0.126. The molecule has 1 N–H and O–H groups in total. The van der Waals surface area contributed by atoms with Crippen LogP contribution >= 0.6 is 11.6 Å². The van der Waals surface area contributed by atoms with Crippen molar-refractivity contribution in [3.63, 3.8) is 0 Å². The number of methoxy groups -OCH3 is 1. The summed E-state index contributed by atoms with van der Waals surface area (Å²) in [5, 5.41) is 3.24. The fraction of sp³-hybridized carbons (Fsp3) is 0.571. The van der Waals surface area contributed by atoms with Crippen molar-refractivity contribution in [3.8, 4) is 5.75 Å². The molecule has 8 heteroatoms. The van der Waals surface area contributed by atoms with Crippen molar-refractivity contribution in [2.24, 2.45) is 5.92 Å². The number of amides is 1. The van der Waals surface area contributed by atoms with E-state index in [-0.39, 0.29) is 28.3 Å². The van der Waals surface area contributed by atoms with Gasteiger partial charge in [-0.3, -0.25) is 4.79 Å². The summed E-state index contributed by atoms with van der Waals surface area (Å²) in [6, 6.07) is 4.43. The van der Waals surface area contributed by atoms with Gasteiger partial charge in [-0.05, 0) is 63.1 Å². The molecule has 160 valence electrons. The summed E-state index contributed by atoms with van der Waals surface area (Å²) in [4.78, 5) is 12.7. The van der Waals surface area contributed by atoms with Crippen molar-refractivity contribution in [2.45, 2.75) is 49.8 Å². The Balaban J connectivity index is 1.59. The van der Waals surface area contributed by atoms with Crippen LogP contribution in [0.3, 0.4) is 0 Å². The number of nitrogens with zero attached hydrogens (tertiary/aromatic N) is 1. The summed E-state index contributed by atoms with van der Waals surface area (Å²) in [5.41, 5.74) is 1.42. The van der Waals surface area contributed by atoms with Gasteiger partial charge in [-0.15, -0.1) is 0 Å². The number of benzene rings is 1. The molecule has 1 aliphatic heterocycles. The van der Waals surface area contributed by atoms with Gasteiger partial charge in [0.1, 0.15) is 5.75 Å². The molecule has 1 fully saturated rings. The van der Waals surface area contributed by atoms with Crippen LogP contribution in [0.1, 0.15) is 44.9 Å². The van der Waals surface area contributed by atoms with E-state index in [0.717, 1.165) is 19.3 Å². The van der Waals surface area contributed by atoms with Crippen LogP contribution in [0.25, 0.3) is 0 Å². The van der Waals surface area contributed by atoms with E-state index in [1.54, 1.807) is 6.07 Å². The van der Waals surface area contributed by atoms with Crippen molar-refractivity contribution < 1.29 is 17.9 Å². The van der Waals surface area contributed by atoms with Crippen molar-refractivity contribution >= 4 is 27.5 Å². The highest BCUT2D eigenvalue weighted by Gasteiger charge is 2.33. The molecule has 0 bridgehead atoms. The average Bonchev–Trinajstić information content (AvgIpc) is 2.74. The Labute approximate surface area is 178 Å². The van der Waals surface area contributed by atoms with Crippen molar-refractivity contribution in [1.29, 1.82) is 0 Å². The summed E-state index contributed by atoms with van der Waals surface area (Å²) in [6.07, 6.45) is 9.25. The minimum atomic E-state index is -3.71. The van der Waals surface area contributed by atoms with Gasteiger partial charge in [0.25, 0.3) is 0 Å². The quantitative estimate of drug-likeness (QED) is 0.655. The van der Waals surface area contributed by atoms with E-state index in [1.165, 1.54) is 42.0 Å². The van der Waals surface area contributed by atoms with Gasteiger partial charge in [0.05, 0.1) is 22.9 Å². The van der Waals surface area contributed by atoms with Crippen LogP contribution in [0, 0.1) is 5.92 Å². The topological polar surface area (TPSA) is 75.7 Å². The first-order valence-electron chi connectivity index (χ1n) is 10.2. The number of piperidine rings is 1. The minimum absolute atomic E-state index is 0.0610. The number of ether oxygens (including phenoxy) is 1. The fourth-order valence-electron chi connectivity index (χ4n) is 3.95. The van der Waals surface area contributed by atoms with Gasteiger partial charge < -0.3 is 10.1 Å². The Bertz CT molecular complexity index is 869. The minimum Gasteiger partial charge on any atom is -0.495 e. The highest BCUT2D eigenvalue weighted by Crippen LogP contribution is 2.30. The van der Waals surface area contributed by atoms with E-state index in [9.17, 15) is 13.2 Å². The highest BCUT2D eigenvalue weighted by atomic mass is 35.5. The third-order valence-corrected chi connectivity index (χ3v) is 7.80. The summed E-state index contributed by atoms with van der Waals surface area (Å²) < 4.78 is 32.5. The van der Waals surface area contributed by atoms with Gasteiger partial charge in [-0.2, -0.15) is 4.31 Å². The third kappa shape index (κ3) is 5.53. The zero-order valence-corrected chi connectivity index (χ0v) is 18.4. The molecule has 29 heavy (non-hydrogen) atoms. The summed E-state index contributed by atoms with van der Waals surface area (Å²) >= 11 is 6.10. The Morgan fingerprint density at radius 2 is 2.14 bits per heavy atom. The zero-order chi connectivity index (χ0) is 20.9. The summed E-state index contributed by atoms with van der Waals surface area (Å²) in [5.74, 6) is 0.0382. The van der Waals surface area contributed by atoms with Gasteiger partial charge in [0.2, 0.25) is 15.9 Å². The van der Waals surface area contributed by atoms with E-state index >= 15 is 0 Å². The first kappa shape index (κ1) is 22.1. The van der Waals surface area contributed by atoms with Gasteiger partial charge in [-0.25, -0.2) is 8.42 Å². The van der Waals surface area contributed by atoms with E-state index in [1.807, 2.05) is 0 Å². The van der Waals surface area contributed by atoms with Crippen LogP contribution in [0.15, 0.2) is 34.7 Å². The van der Waals surface area contributed by atoms with E-state index in [0.29, 0.717) is 31.7 Å². The number of allylic oxidation sites excluding steroid dienone is 1. The van der Waals surface area contributed by atoms with Crippen molar-refractivity contribution in [2.75, 3.05) is 26.7 Å². The van der Waals surface area contributed by atoms with Crippen LogP contribution in [0.4, 0.5) is 0 Å². The molecule has 2 aliphatic rings. The smallest absolute Gasteiger partial charge is 0.243 e. The lowest BCUT2D eigenvalue weighted by Crippen LogP contribution is -2.45. The summed E-state index contributed by atoms with van der Waals surface area (Å²) in [7, 11) is -2.23. The second-order valence-electron chi connectivity index (χ2n) is 7.65. The molecule has 1 heterocycles. The lowest BCUT2D eigenvalue weighted by Gasteiger charge is -2.31. The largest absolute Gasteiger partial charge is 0.495 e. The van der Waals surface area contributed by atoms with Crippen LogP contribution in [-0.4, -0.2) is 45.4 Å². The average molecular weight is 441 g/mol. The SMILES string of the molecule is COc1ccc(S(=O)(=O)N2CCC[C@@H](C(=O)NCCC3=CCCCC3)C2)cc1Cl. The maximum absolute atomic E-state index is 13.0. The number of carbonyl (C=O) groups excluding carboxylic acids is 1. The molecule has 0 aromatic heterocycles. The first-order chi connectivity index (χ1) is 13.9. The number of hydrogen-bond donors (Lipinski definition) is 1. The number of halogens is 1. The Kier molecular flexibility index (Phi) is 7.60. The monoisotopic (exact) mass is 440 g/mol. The number of rotatable bonds is 7. The summed E-state index contributed by atoms with van der Waals surface area (Å²) in [6.45, 7) is 1.21. The molecule has 1 aromatic carbocycles. The molecular formula is C21H29ClN2O4S. The molecule has 0 unspecified atom stereocenters. The molecule has 0 radical (unpaired) electrons. The molecule has 1 aromatic rings. The van der Waals surface area contributed by atoms with E-state index in [4.69, 9.17) is 16.3 Å². The normalized spacial score (nSPS) is 20.8. The van der Waals surface area contributed by atoms with Crippen molar-refractivity contribution in [1.82, 2.24) is 9.62 Å². The van der Waals surface area contributed by atoms with E-state index < -0.39 is 10.0 Å². The van der Waals surface area contributed by atoms with Gasteiger partial charge >= 0.3 is 0 Å². The first-order valence-corrected chi connectivity index (χ1v) is 12.0. The fourth-order valence-corrected chi connectivity index (χ4v) is 5.83. The Morgan fingerprint density at radius 3 is 2.83 bits per heavy atom. The Morgan fingerprint density at radius 1 is 1.31 bits per heavy atom. The second kappa shape index (κ2) is 9.96. The molecule has 6 nitrogen and oxygen atoms in total. The van der Waals surface area contributed by atoms with Crippen molar-refractivity contribution in [3.05, 3.63) is 34.9 Å². The molecular weight excluding hydrogens is 412 g/mol. The van der Waals surface area contributed by atoms with E-state index in [2.05, 4.69) is 11.4 Å².